The van der Waals surface area contributed by atoms with Gasteiger partial charge in [0.1, 0.15) is 0 Å². The van der Waals surface area contributed by atoms with Crippen LogP contribution >= 0.6 is 0 Å². The van der Waals surface area contributed by atoms with Gasteiger partial charge in [-0.25, -0.2) is 8.42 Å². The molecular formula is C7H11NO2S. The minimum absolute atomic E-state index is 0.220. The lowest BCUT2D eigenvalue weighted by Gasteiger charge is -2.04. The summed E-state index contributed by atoms with van der Waals surface area (Å²) in [5.74, 6) is 0.323. The molecule has 1 heterocycles. The Kier molecular flexibility index (Phi) is 2.50. The SMILES string of the molecule is N#CCCC1CCCS1(=O)=O. The Bertz CT molecular complexity index is 263. The topological polar surface area (TPSA) is 57.9 Å². The maximum absolute atomic E-state index is 11.2. The first-order valence-corrected chi connectivity index (χ1v) is 5.47. The highest BCUT2D eigenvalue weighted by Gasteiger charge is 2.30. The summed E-state index contributed by atoms with van der Waals surface area (Å²) in [6.45, 7) is 0. The van der Waals surface area contributed by atoms with E-state index in [1.54, 1.807) is 0 Å². The van der Waals surface area contributed by atoms with Crippen molar-refractivity contribution in [3.05, 3.63) is 0 Å². The van der Waals surface area contributed by atoms with Gasteiger partial charge in [-0.2, -0.15) is 5.26 Å². The molecule has 0 N–H and O–H groups in total. The third kappa shape index (κ3) is 1.93. The number of nitriles is 1. The second-order valence-corrected chi connectivity index (χ2v) is 5.23. The lowest BCUT2D eigenvalue weighted by Crippen LogP contribution is -2.15. The normalized spacial score (nSPS) is 28.1. The Morgan fingerprint density at radius 1 is 1.55 bits per heavy atom. The molecule has 0 aromatic carbocycles. The number of rotatable bonds is 2. The van der Waals surface area contributed by atoms with Gasteiger partial charge in [-0.15, -0.1) is 0 Å². The molecule has 1 fully saturated rings. The molecule has 3 nitrogen and oxygen atoms in total. The molecule has 1 aliphatic rings. The van der Waals surface area contributed by atoms with Crippen LogP contribution in [0.4, 0.5) is 0 Å². The van der Waals surface area contributed by atoms with Crippen molar-refractivity contribution in [1.29, 1.82) is 5.26 Å². The van der Waals surface area contributed by atoms with Crippen molar-refractivity contribution in [2.45, 2.75) is 30.9 Å². The highest BCUT2D eigenvalue weighted by Crippen LogP contribution is 2.23. The van der Waals surface area contributed by atoms with Crippen LogP contribution in [0.1, 0.15) is 25.7 Å². The van der Waals surface area contributed by atoms with E-state index in [1.165, 1.54) is 0 Å². The van der Waals surface area contributed by atoms with Gasteiger partial charge in [-0.3, -0.25) is 0 Å². The van der Waals surface area contributed by atoms with Crippen molar-refractivity contribution in [2.75, 3.05) is 5.75 Å². The third-order valence-electron chi connectivity index (χ3n) is 2.04. The Morgan fingerprint density at radius 2 is 2.27 bits per heavy atom. The predicted molar refractivity (Wildman–Crippen MR) is 41.7 cm³/mol. The molecule has 0 aliphatic carbocycles. The highest BCUT2D eigenvalue weighted by atomic mass is 32.2. The van der Waals surface area contributed by atoms with Crippen molar-refractivity contribution in [3.63, 3.8) is 0 Å². The highest BCUT2D eigenvalue weighted by molar-refractivity contribution is 7.92. The zero-order valence-electron chi connectivity index (χ0n) is 6.28. The Labute approximate surface area is 66.9 Å². The largest absolute Gasteiger partial charge is 0.229 e. The maximum atomic E-state index is 11.2. The first kappa shape index (κ1) is 8.54. The van der Waals surface area contributed by atoms with E-state index in [0.29, 0.717) is 18.6 Å². The van der Waals surface area contributed by atoms with Crippen molar-refractivity contribution >= 4 is 9.84 Å². The van der Waals surface area contributed by atoms with Crippen LogP contribution in [0.3, 0.4) is 0 Å². The molecule has 1 atom stereocenters. The van der Waals surface area contributed by atoms with E-state index in [2.05, 4.69) is 0 Å². The first-order chi connectivity index (χ1) is 5.17. The molecule has 0 aromatic heterocycles. The standard InChI is InChI=1S/C7H11NO2S/c8-5-1-3-7-4-2-6-11(7,9)10/h7H,1-4,6H2. The second kappa shape index (κ2) is 3.22. The zero-order chi connectivity index (χ0) is 8.32. The average Bonchev–Trinajstić information content (AvgIpc) is 2.25. The third-order valence-corrected chi connectivity index (χ3v) is 4.39. The summed E-state index contributed by atoms with van der Waals surface area (Å²) in [6, 6.07) is 1.97. The van der Waals surface area contributed by atoms with Gasteiger partial charge in [0.15, 0.2) is 9.84 Å². The molecule has 1 aliphatic heterocycles. The van der Waals surface area contributed by atoms with E-state index in [1.807, 2.05) is 6.07 Å². The van der Waals surface area contributed by atoms with Crippen LogP contribution in [-0.2, 0) is 9.84 Å². The summed E-state index contributed by atoms with van der Waals surface area (Å²) in [5.41, 5.74) is 0. The minimum Gasteiger partial charge on any atom is -0.229 e. The number of sulfone groups is 1. The summed E-state index contributed by atoms with van der Waals surface area (Å²) in [5, 5.41) is 8.03. The van der Waals surface area contributed by atoms with Crippen molar-refractivity contribution < 1.29 is 8.42 Å². The molecule has 1 unspecified atom stereocenters. The van der Waals surface area contributed by atoms with E-state index >= 15 is 0 Å². The molecule has 0 bridgehead atoms. The predicted octanol–water partition coefficient (Wildman–Crippen LogP) is 0.867. The number of hydrogen-bond acceptors (Lipinski definition) is 3. The first-order valence-electron chi connectivity index (χ1n) is 3.75. The van der Waals surface area contributed by atoms with Crippen molar-refractivity contribution in [3.8, 4) is 6.07 Å². The molecule has 0 saturated carbocycles. The summed E-state index contributed by atoms with van der Waals surface area (Å²) >= 11 is 0. The van der Waals surface area contributed by atoms with Gasteiger partial charge in [0.2, 0.25) is 0 Å². The van der Waals surface area contributed by atoms with Crippen LogP contribution in [-0.4, -0.2) is 19.4 Å². The van der Waals surface area contributed by atoms with Gasteiger partial charge in [0, 0.05) is 6.42 Å². The lowest BCUT2D eigenvalue weighted by molar-refractivity contribution is 0.583. The van der Waals surface area contributed by atoms with Gasteiger partial charge in [0.05, 0.1) is 17.1 Å². The van der Waals surface area contributed by atoms with Crippen molar-refractivity contribution in [2.24, 2.45) is 0 Å². The molecule has 0 aromatic rings. The zero-order valence-corrected chi connectivity index (χ0v) is 7.10. The van der Waals surface area contributed by atoms with Crippen molar-refractivity contribution in [1.82, 2.24) is 0 Å². The van der Waals surface area contributed by atoms with Crippen LogP contribution in [0.5, 0.6) is 0 Å². The van der Waals surface area contributed by atoms with Crippen LogP contribution in [0, 0.1) is 11.3 Å². The molecule has 11 heavy (non-hydrogen) atoms. The summed E-state index contributed by atoms with van der Waals surface area (Å²) in [7, 11) is -2.81. The minimum atomic E-state index is -2.81. The fourth-order valence-electron chi connectivity index (χ4n) is 1.41. The van der Waals surface area contributed by atoms with E-state index in [-0.39, 0.29) is 5.25 Å². The summed E-state index contributed by atoms with van der Waals surface area (Å²) < 4.78 is 22.3. The van der Waals surface area contributed by atoms with E-state index in [9.17, 15) is 8.42 Å². The van der Waals surface area contributed by atoms with Crippen LogP contribution in [0.15, 0.2) is 0 Å². The Balaban J connectivity index is 2.54. The van der Waals surface area contributed by atoms with Gasteiger partial charge in [-0.05, 0) is 19.3 Å². The Morgan fingerprint density at radius 3 is 2.73 bits per heavy atom. The molecule has 0 spiro atoms. The van der Waals surface area contributed by atoms with E-state index in [4.69, 9.17) is 5.26 Å². The summed E-state index contributed by atoms with van der Waals surface area (Å²) in [4.78, 5) is 0. The fraction of sp³-hybridized carbons (Fsp3) is 0.857. The van der Waals surface area contributed by atoms with E-state index < -0.39 is 9.84 Å². The van der Waals surface area contributed by atoms with Gasteiger partial charge >= 0.3 is 0 Å². The van der Waals surface area contributed by atoms with Gasteiger partial charge in [0.25, 0.3) is 0 Å². The lowest BCUT2D eigenvalue weighted by atomic mass is 10.2. The van der Waals surface area contributed by atoms with Crippen LogP contribution < -0.4 is 0 Å². The Hall–Kier alpha value is -0.560. The fourth-order valence-corrected chi connectivity index (χ4v) is 3.31. The maximum Gasteiger partial charge on any atom is 0.153 e. The van der Waals surface area contributed by atoms with Gasteiger partial charge < -0.3 is 0 Å². The molecule has 62 valence electrons. The monoisotopic (exact) mass is 173 g/mol. The molecule has 0 radical (unpaired) electrons. The molecular weight excluding hydrogens is 162 g/mol. The molecule has 4 heteroatoms. The van der Waals surface area contributed by atoms with E-state index in [0.717, 1.165) is 12.8 Å². The van der Waals surface area contributed by atoms with Gasteiger partial charge in [-0.1, -0.05) is 0 Å². The second-order valence-electron chi connectivity index (χ2n) is 2.83. The number of hydrogen-bond donors (Lipinski definition) is 0. The van der Waals surface area contributed by atoms with Crippen LogP contribution in [0.25, 0.3) is 0 Å². The molecule has 0 amide bonds. The van der Waals surface area contributed by atoms with Crippen LogP contribution in [0.2, 0.25) is 0 Å². The average molecular weight is 173 g/mol. The quantitative estimate of drug-likeness (QED) is 0.622. The summed E-state index contributed by atoms with van der Waals surface area (Å²) in [6.07, 6.45) is 2.42. The smallest absolute Gasteiger partial charge is 0.153 e. The molecule has 1 rings (SSSR count). The molecule has 1 saturated heterocycles. The number of nitrogens with zero attached hydrogens (tertiary/aromatic N) is 1.